The number of hydrogen-bond acceptors (Lipinski definition) is 3. The minimum atomic E-state index is -2.74. The van der Waals surface area contributed by atoms with E-state index in [4.69, 9.17) is 0 Å². The molecule has 2 fully saturated rings. The average molecular weight is 301 g/mol. The SMILES string of the molecule is CC(C)(C)CC1CCC2(CN1C(C)(C)C)CS(=O)(=O)C2. The summed E-state index contributed by atoms with van der Waals surface area (Å²) in [5.41, 5.74) is 0.494. The number of sulfone groups is 1. The van der Waals surface area contributed by atoms with E-state index in [0.717, 1.165) is 19.4 Å². The van der Waals surface area contributed by atoms with Crippen LogP contribution in [0.15, 0.2) is 0 Å². The van der Waals surface area contributed by atoms with Crippen molar-refractivity contribution in [2.75, 3.05) is 18.1 Å². The van der Waals surface area contributed by atoms with E-state index in [1.54, 1.807) is 0 Å². The maximum Gasteiger partial charge on any atom is 0.151 e. The molecule has 2 saturated heterocycles. The van der Waals surface area contributed by atoms with Crippen LogP contribution >= 0.6 is 0 Å². The van der Waals surface area contributed by atoms with Crippen molar-refractivity contribution >= 4 is 9.84 Å². The molecule has 0 saturated carbocycles. The number of rotatable bonds is 1. The molecule has 2 aliphatic heterocycles. The zero-order valence-corrected chi connectivity index (χ0v) is 14.8. The van der Waals surface area contributed by atoms with Crippen LogP contribution < -0.4 is 0 Å². The summed E-state index contributed by atoms with van der Waals surface area (Å²) in [6, 6.07) is 0.587. The van der Waals surface area contributed by atoms with Gasteiger partial charge < -0.3 is 0 Å². The van der Waals surface area contributed by atoms with Crippen molar-refractivity contribution < 1.29 is 8.42 Å². The number of likely N-dealkylation sites (tertiary alicyclic amines) is 1. The smallest absolute Gasteiger partial charge is 0.151 e. The van der Waals surface area contributed by atoms with Crippen LogP contribution in [-0.4, -0.2) is 42.9 Å². The summed E-state index contributed by atoms with van der Waals surface area (Å²) >= 11 is 0. The van der Waals surface area contributed by atoms with Crippen LogP contribution in [0.2, 0.25) is 0 Å². The molecule has 0 aromatic heterocycles. The summed E-state index contributed by atoms with van der Waals surface area (Å²) in [4.78, 5) is 2.58. The molecule has 0 N–H and O–H groups in total. The summed E-state index contributed by atoms with van der Waals surface area (Å²) in [5, 5.41) is 0. The molecule has 0 bridgehead atoms. The van der Waals surface area contributed by atoms with Crippen LogP contribution in [0.5, 0.6) is 0 Å². The molecule has 2 rings (SSSR count). The first kappa shape index (κ1) is 16.3. The van der Waals surface area contributed by atoms with Crippen molar-refractivity contribution in [2.24, 2.45) is 10.8 Å². The van der Waals surface area contributed by atoms with Gasteiger partial charge in [0.2, 0.25) is 0 Å². The van der Waals surface area contributed by atoms with Gasteiger partial charge in [-0.25, -0.2) is 8.42 Å². The van der Waals surface area contributed by atoms with Crippen LogP contribution in [0.1, 0.15) is 60.8 Å². The van der Waals surface area contributed by atoms with E-state index in [-0.39, 0.29) is 11.0 Å². The number of hydrogen-bond donors (Lipinski definition) is 0. The summed E-state index contributed by atoms with van der Waals surface area (Å²) in [7, 11) is -2.74. The molecule has 1 atom stereocenters. The standard InChI is InChI=1S/C16H31NO2S/c1-14(2,3)9-13-7-8-16(11-20(18,19)12-16)10-17(13)15(4,5)6/h13H,7-12H2,1-6H3. The van der Waals surface area contributed by atoms with Gasteiger partial charge in [0.05, 0.1) is 11.5 Å². The van der Waals surface area contributed by atoms with Gasteiger partial charge in [-0.2, -0.15) is 0 Å². The molecule has 0 aromatic carbocycles. The minimum Gasteiger partial charge on any atom is -0.295 e. The topological polar surface area (TPSA) is 37.4 Å². The van der Waals surface area contributed by atoms with Crippen molar-refractivity contribution in [3.8, 4) is 0 Å². The van der Waals surface area contributed by atoms with Gasteiger partial charge >= 0.3 is 0 Å². The minimum absolute atomic E-state index is 0.0560. The number of nitrogens with zero attached hydrogens (tertiary/aromatic N) is 1. The summed E-state index contributed by atoms with van der Waals surface area (Å²) < 4.78 is 23.2. The fourth-order valence-electron chi connectivity index (χ4n) is 4.03. The van der Waals surface area contributed by atoms with E-state index < -0.39 is 9.84 Å². The largest absolute Gasteiger partial charge is 0.295 e. The molecule has 0 aliphatic carbocycles. The molecular weight excluding hydrogens is 270 g/mol. The van der Waals surface area contributed by atoms with E-state index in [1.807, 2.05) is 0 Å². The molecule has 0 radical (unpaired) electrons. The van der Waals surface area contributed by atoms with Gasteiger partial charge in [0.1, 0.15) is 0 Å². The van der Waals surface area contributed by atoms with Crippen LogP contribution in [0.3, 0.4) is 0 Å². The van der Waals surface area contributed by atoms with Gasteiger partial charge in [0, 0.05) is 23.5 Å². The molecule has 0 amide bonds. The molecular formula is C16H31NO2S. The van der Waals surface area contributed by atoms with Crippen molar-refractivity contribution in [2.45, 2.75) is 72.4 Å². The second-order valence-corrected chi connectivity index (χ2v) is 11.4. The first-order valence-corrected chi connectivity index (χ1v) is 9.61. The third-order valence-electron chi connectivity index (χ3n) is 4.72. The maximum absolute atomic E-state index is 11.6. The van der Waals surface area contributed by atoms with E-state index in [2.05, 4.69) is 46.4 Å². The number of piperidine rings is 1. The molecule has 1 spiro atoms. The third kappa shape index (κ3) is 3.56. The molecule has 0 aromatic rings. The Kier molecular flexibility index (Phi) is 3.83. The van der Waals surface area contributed by atoms with Crippen molar-refractivity contribution in [3.05, 3.63) is 0 Å². The fraction of sp³-hybridized carbons (Fsp3) is 1.00. The van der Waals surface area contributed by atoms with E-state index >= 15 is 0 Å². The Balaban J connectivity index is 2.14. The molecule has 2 aliphatic rings. The Morgan fingerprint density at radius 2 is 1.65 bits per heavy atom. The normalized spacial score (nSPS) is 30.2. The van der Waals surface area contributed by atoms with Crippen LogP contribution in [-0.2, 0) is 9.84 Å². The highest BCUT2D eigenvalue weighted by Crippen LogP contribution is 2.46. The molecule has 4 heteroatoms. The van der Waals surface area contributed by atoms with Gasteiger partial charge in [0.15, 0.2) is 9.84 Å². The summed E-state index contributed by atoms with van der Waals surface area (Å²) in [5.74, 6) is 0.823. The summed E-state index contributed by atoms with van der Waals surface area (Å²) in [6.45, 7) is 14.6. The fourth-order valence-corrected chi connectivity index (χ4v) is 6.28. The van der Waals surface area contributed by atoms with Gasteiger partial charge in [-0.1, -0.05) is 20.8 Å². The Bertz CT molecular complexity index is 456. The highest BCUT2D eigenvalue weighted by Gasteiger charge is 2.53. The Morgan fingerprint density at radius 1 is 1.10 bits per heavy atom. The van der Waals surface area contributed by atoms with Gasteiger partial charge in [-0.05, 0) is 45.4 Å². The van der Waals surface area contributed by atoms with Crippen molar-refractivity contribution in [1.82, 2.24) is 4.90 Å². The van der Waals surface area contributed by atoms with Crippen LogP contribution in [0.25, 0.3) is 0 Å². The molecule has 118 valence electrons. The van der Waals surface area contributed by atoms with E-state index in [9.17, 15) is 8.42 Å². The third-order valence-corrected chi connectivity index (χ3v) is 6.82. The van der Waals surface area contributed by atoms with Crippen LogP contribution in [0.4, 0.5) is 0 Å². The molecule has 20 heavy (non-hydrogen) atoms. The predicted octanol–water partition coefficient (Wildman–Crippen LogP) is 3.10. The summed E-state index contributed by atoms with van der Waals surface area (Å²) in [6.07, 6.45) is 3.41. The predicted molar refractivity (Wildman–Crippen MR) is 84.6 cm³/mol. The van der Waals surface area contributed by atoms with Gasteiger partial charge in [-0.3, -0.25) is 4.90 Å². The quantitative estimate of drug-likeness (QED) is 0.747. The second-order valence-electron chi connectivity index (χ2n) is 9.29. The van der Waals surface area contributed by atoms with Gasteiger partial charge in [0.25, 0.3) is 0 Å². The lowest BCUT2D eigenvalue weighted by atomic mass is 9.74. The maximum atomic E-state index is 11.6. The Labute approximate surface area is 125 Å². The van der Waals surface area contributed by atoms with Crippen molar-refractivity contribution in [3.63, 3.8) is 0 Å². The van der Waals surface area contributed by atoms with E-state index in [1.165, 1.54) is 6.42 Å². The highest BCUT2D eigenvalue weighted by molar-refractivity contribution is 7.92. The zero-order valence-electron chi connectivity index (χ0n) is 14.0. The lowest BCUT2D eigenvalue weighted by molar-refractivity contribution is -0.0216. The molecule has 1 unspecified atom stereocenters. The van der Waals surface area contributed by atoms with E-state index in [0.29, 0.717) is 23.0 Å². The lowest BCUT2D eigenvalue weighted by Gasteiger charge is -2.56. The Hall–Kier alpha value is -0.0900. The monoisotopic (exact) mass is 301 g/mol. The Morgan fingerprint density at radius 3 is 2.05 bits per heavy atom. The van der Waals surface area contributed by atoms with Crippen molar-refractivity contribution in [1.29, 1.82) is 0 Å². The molecule has 2 heterocycles. The zero-order chi connectivity index (χ0) is 15.4. The van der Waals surface area contributed by atoms with Gasteiger partial charge in [-0.15, -0.1) is 0 Å². The highest BCUT2D eigenvalue weighted by atomic mass is 32.2. The molecule has 3 nitrogen and oxygen atoms in total. The van der Waals surface area contributed by atoms with Crippen LogP contribution in [0, 0.1) is 10.8 Å². The first-order chi connectivity index (χ1) is 8.82. The average Bonchev–Trinajstić information content (AvgIpc) is 2.14. The second kappa shape index (κ2) is 4.70. The lowest BCUT2D eigenvalue weighted by Crippen LogP contribution is -2.64. The first-order valence-electron chi connectivity index (χ1n) is 7.79.